The Labute approximate surface area is 250 Å². The second kappa shape index (κ2) is 14.4. The molecule has 0 heterocycles. The lowest BCUT2D eigenvalue weighted by atomic mass is 10.0. The predicted molar refractivity (Wildman–Crippen MR) is 167 cm³/mol. The monoisotopic (exact) mass is 593 g/mol. The first kappa shape index (κ1) is 32.7. The fraction of sp³-hybridized carbons (Fsp3) is 0.394. The maximum Gasteiger partial charge on any atom is 0.264 e. The lowest BCUT2D eigenvalue weighted by molar-refractivity contribution is -0.139. The minimum absolute atomic E-state index is 0.0817. The molecule has 3 rings (SSSR count). The molecule has 1 atom stereocenters. The van der Waals surface area contributed by atoms with E-state index in [0.717, 1.165) is 21.0 Å². The molecule has 8 nitrogen and oxygen atoms in total. The van der Waals surface area contributed by atoms with Crippen LogP contribution in [-0.2, 0) is 26.2 Å². The van der Waals surface area contributed by atoms with E-state index in [0.29, 0.717) is 18.0 Å². The molecule has 0 aliphatic carbocycles. The van der Waals surface area contributed by atoms with Crippen molar-refractivity contribution in [2.24, 2.45) is 5.92 Å². The van der Waals surface area contributed by atoms with Crippen molar-refractivity contribution in [2.45, 2.75) is 64.9 Å². The highest BCUT2D eigenvalue weighted by atomic mass is 32.2. The lowest BCUT2D eigenvalue weighted by Gasteiger charge is -2.32. The number of amides is 2. The summed E-state index contributed by atoms with van der Waals surface area (Å²) in [4.78, 5) is 28.7. The van der Waals surface area contributed by atoms with Crippen LogP contribution >= 0.6 is 0 Å². The summed E-state index contributed by atoms with van der Waals surface area (Å²) in [6.45, 7) is 11.7. The van der Waals surface area contributed by atoms with Crippen molar-refractivity contribution >= 4 is 27.5 Å². The van der Waals surface area contributed by atoms with Gasteiger partial charge in [-0.3, -0.25) is 13.9 Å². The van der Waals surface area contributed by atoms with Crippen LogP contribution in [0.4, 0.5) is 5.69 Å². The van der Waals surface area contributed by atoms with Gasteiger partial charge in [-0.05, 0) is 73.2 Å². The van der Waals surface area contributed by atoms with Crippen LogP contribution in [-0.4, -0.2) is 51.4 Å². The number of rotatable bonds is 13. The molecule has 9 heteroatoms. The van der Waals surface area contributed by atoms with Crippen LogP contribution in [0.3, 0.4) is 0 Å². The van der Waals surface area contributed by atoms with E-state index in [-0.39, 0.29) is 29.2 Å². The number of ether oxygens (including phenoxy) is 1. The Morgan fingerprint density at radius 3 is 1.98 bits per heavy atom. The topological polar surface area (TPSA) is 96.0 Å². The van der Waals surface area contributed by atoms with Gasteiger partial charge in [0.1, 0.15) is 18.3 Å². The average Bonchev–Trinajstić information content (AvgIpc) is 2.97. The van der Waals surface area contributed by atoms with Gasteiger partial charge in [-0.25, -0.2) is 8.42 Å². The van der Waals surface area contributed by atoms with Crippen molar-refractivity contribution in [3.8, 4) is 5.75 Å². The zero-order valence-corrected chi connectivity index (χ0v) is 26.4. The van der Waals surface area contributed by atoms with Crippen molar-refractivity contribution in [2.75, 3.05) is 24.5 Å². The number of nitrogens with one attached hydrogen (secondary N) is 1. The standard InChI is InChI=1S/C33H43N3O5S/c1-23(2)20-34-33(38)26(6)35(21-27-10-16-30(41-7)17-11-27)32(37)22-36(29-14-12-28(13-15-29)24(3)4)42(39,40)31-18-8-25(5)9-19-31/h8-19,23-24,26H,20-22H2,1-7H3,(H,34,38)/t26-/m1/s1. The number of aryl methyl sites for hydroxylation is 1. The summed E-state index contributed by atoms with van der Waals surface area (Å²) in [6.07, 6.45) is 0. The summed E-state index contributed by atoms with van der Waals surface area (Å²) < 4.78 is 34.4. The quantitative estimate of drug-likeness (QED) is 0.282. The molecule has 0 fully saturated rings. The van der Waals surface area contributed by atoms with Gasteiger partial charge >= 0.3 is 0 Å². The summed E-state index contributed by atoms with van der Waals surface area (Å²) >= 11 is 0. The van der Waals surface area contributed by atoms with Gasteiger partial charge in [0.25, 0.3) is 10.0 Å². The highest BCUT2D eigenvalue weighted by Gasteiger charge is 2.32. The van der Waals surface area contributed by atoms with Crippen molar-refractivity contribution < 1.29 is 22.7 Å². The molecular formula is C33H43N3O5S. The number of benzene rings is 3. The van der Waals surface area contributed by atoms with Crippen molar-refractivity contribution in [3.05, 3.63) is 89.5 Å². The number of carbonyl (C=O) groups is 2. The summed E-state index contributed by atoms with van der Waals surface area (Å²) in [6, 6.07) is 20.1. The minimum atomic E-state index is -4.11. The van der Waals surface area contributed by atoms with E-state index in [1.165, 1.54) is 4.90 Å². The van der Waals surface area contributed by atoms with Crippen molar-refractivity contribution in [1.29, 1.82) is 0 Å². The van der Waals surface area contributed by atoms with Crippen LogP contribution in [0.1, 0.15) is 57.2 Å². The number of anilines is 1. The van der Waals surface area contributed by atoms with E-state index < -0.39 is 28.5 Å². The van der Waals surface area contributed by atoms with Crippen LogP contribution in [0.5, 0.6) is 5.75 Å². The van der Waals surface area contributed by atoms with Gasteiger partial charge in [0, 0.05) is 13.1 Å². The maximum absolute atomic E-state index is 14.1. The van der Waals surface area contributed by atoms with Gasteiger partial charge in [0.2, 0.25) is 11.8 Å². The predicted octanol–water partition coefficient (Wildman–Crippen LogP) is 5.51. The third-order valence-corrected chi connectivity index (χ3v) is 8.89. The van der Waals surface area contributed by atoms with Gasteiger partial charge < -0.3 is 15.0 Å². The SMILES string of the molecule is COc1ccc(CN(C(=O)CN(c2ccc(C(C)C)cc2)S(=O)(=O)c2ccc(C)cc2)[C@H](C)C(=O)NCC(C)C)cc1. The largest absolute Gasteiger partial charge is 0.497 e. The molecule has 0 unspecified atom stereocenters. The molecule has 0 aromatic heterocycles. The molecule has 3 aromatic carbocycles. The molecule has 0 spiro atoms. The van der Waals surface area contributed by atoms with E-state index in [9.17, 15) is 18.0 Å². The first-order chi connectivity index (χ1) is 19.8. The summed E-state index contributed by atoms with van der Waals surface area (Å²) in [7, 11) is -2.54. The maximum atomic E-state index is 14.1. The van der Waals surface area contributed by atoms with Crippen LogP contribution in [0.15, 0.2) is 77.7 Å². The fourth-order valence-corrected chi connectivity index (χ4v) is 5.77. The van der Waals surface area contributed by atoms with E-state index in [2.05, 4.69) is 19.2 Å². The first-order valence-electron chi connectivity index (χ1n) is 14.2. The molecule has 3 aromatic rings. The summed E-state index contributed by atoms with van der Waals surface area (Å²) in [5.74, 6) is 0.352. The Morgan fingerprint density at radius 2 is 1.45 bits per heavy atom. The van der Waals surface area contributed by atoms with Crippen molar-refractivity contribution in [3.63, 3.8) is 0 Å². The zero-order chi connectivity index (χ0) is 31.0. The van der Waals surface area contributed by atoms with Crippen LogP contribution < -0.4 is 14.4 Å². The molecule has 0 aliphatic rings. The van der Waals surface area contributed by atoms with Crippen molar-refractivity contribution in [1.82, 2.24) is 10.2 Å². The minimum Gasteiger partial charge on any atom is -0.497 e. The molecule has 0 radical (unpaired) electrons. The molecule has 0 bridgehead atoms. The number of hydrogen-bond acceptors (Lipinski definition) is 5. The molecule has 42 heavy (non-hydrogen) atoms. The number of methoxy groups -OCH3 is 1. The number of carbonyl (C=O) groups excluding carboxylic acids is 2. The normalized spacial score (nSPS) is 12.2. The molecule has 226 valence electrons. The van der Waals surface area contributed by atoms with E-state index in [1.54, 1.807) is 62.6 Å². The third kappa shape index (κ3) is 8.35. The Kier molecular flexibility index (Phi) is 11.2. The van der Waals surface area contributed by atoms with E-state index in [1.807, 2.05) is 45.0 Å². The summed E-state index contributed by atoms with van der Waals surface area (Å²) in [5, 5.41) is 2.90. The molecule has 1 N–H and O–H groups in total. The Hall–Kier alpha value is -3.85. The second-order valence-electron chi connectivity index (χ2n) is 11.3. The Bertz CT molecular complexity index is 1430. The van der Waals surface area contributed by atoms with Gasteiger partial charge in [-0.2, -0.15) is 0 Å². The zero-order valence-electron chi connectivity index (χ0n) is 25.6. The highest BCUT2D eigenvalue weighted by Crippen LogP contribution is 2.27. The van der Waals surface area contributed by atoms with Gasteiger partial charge in [0.15, 0.2) is 0 Å². The fourth-order valence-electron chi connectivity index (χ4n) is 4.35. The Balaban J connectivity index is 2.02. The lowest BCUT2D eigenvalue weighted by Crippen LogP contribution is -2.51. The summed E-state index contributed by atoms with van der Waals surface area (Å²) in [5.41, 5.74) is 3.12. The molecule has 0 aliphatic heterocycles. The highest BCUT2D eigenvalue weighted by molar-refractivity contribution is 7.92. The third-order valence-electron chi connectivity index (χ3n) is 7.10. The van der Waals surface area contributed by atoms with Crippen LogP contribution in [0, 0.1) is 12.8 Å². The van der Waals surface area contributed by atoms with Crippen LogP contribution in [0.2, 0.25) is 0 Å². The molecular weight excluding hydrogens is 550 g/mol. The van der Waals surface area contributed by atoms with Gasteiger partial charge in [0.05, 0.1) is 17.7 Å². The molecule has 2 amide bonds. The molecule has 0 saturated heterocycles. The number of nitrogens with zero attached hydrogens (tertiary/aromatic N) is 2. The number of sulfonamides is 1. The van der Waals surface area contributed by atoms with E-state index >= 15 is 0 Å². The van der Waals surface area contributed by atoms with Crippen LogP contribution in [0.25, 0.3) is 0 Å². The second-order valence-corrected chi connectivity index (χ2v) is 13.1. The average molecular weight is 594 g/mol. The molecule has 0 saturated carbocycles. The van der Waals surface area contributed by atoms with E-state index in [4.69, 9.17) is 4.74 Å². The first-order valence-corrected chi connectivity index (χ1v) is 15.7. The number of hydrogen-bond donors (Lipinski definition) is 1. The smallest absolute Gasteiger partial charge is 0.264 e. The Morgan fingerprint density at radius 1 is 0.857 bits per heavy atom. The van der Waals surface area contributed by atoms with Gasteiger partial charge in [-0.1, -0.05) is 69.7 Å². The van der Waals surface area contributed by atoms with Gasteiger partial charge in [-0.15, -0.1) is 0 Å².